The average molecular weight is 220 g/mol. The van der Waals surface area contributed by atoms with Crippen LogP contribution in [0.5, 0.6) is 0 Å². The molecule has 0 unspecified atom stereocenters. The molecule has 1 aromatic rings. The highest BCUT2D eigenvalue weighted by atomic mass is 16.5. The monoisotopic (exact) mass is 220 g/mol. The molecule has 0 heterocycles. The number of ether oxygens (including phenoxy) is 1. The average Bonchev–Trinajstić information content (AvgIpc) is 2.34. The first kappa shape index (κ1) is 12.7. The van der Waals surface area contributed by atoms with Crippen molar-refractivity contribution in [3.05, 3.63) is 35.9 Å². The Balaban J connectivity index is 2.82. The summed E-state index contributed by atoms with van der Waals surface area (Å²) in [4.78, 5) is 4.31. The predicted octanol–water partition coefficient (Wildman–Crippen LogP) is 2.53. The Labute approximate surface area is 97.3 Å². The van der Waals surface area contributed by atoms with E-state index >= 15 is 0 Å². The minimum Gasteiger partial charge on any atom is -0.385 e. The third-order valence-corrected chi connectivity index (χ3v) is 2.22. The second-order valence-corrected chi connectivity index (χ2v) is 3.55. The molecule has 1 atom stereocenters. The van der Waals surface area contributed by atoms with E-state index in [1.54, 1.807) is 0 Å². The van der Waals surface area contributed by atoms with Crippen molar-refractivity contribution in [2.24, 2.45) is 10.7 Å². The fourth-order valence-corrected chi connectivity index (χ4v) is 1.47. The number of hydrogen-bond acceptors (Lipinski definition) is 2. The summed E-state index contributed by atoms with van der Waals surface area (Å²) in [5.74, 6) is 0.565. The highest BCUT2D eigenvalue weighted by molar-refractivity contribution is 5.86. The van der Waals surface area contributed by atoms with Crippen molar-refractivity contribution in [3.63, 3.8) is 0 Å². The lowest BCUT2D eigenvalue weighted by molar-refractivity contribution is 0.109. The Kier molecular flexibility index (Phi) is 5.57. The van der Waals surface area contributed by atoms with Crippen LogP contribution < -0.4 is 5.73 Å². The maximum Gasteiger partial charge on any atom is 0.139 e. The minimum absolute atomic E-state index is 0.210. The van der Waals surface area contributed by atoms with Crippen LogP contribution in [-0.4, -0.2) is 19.0 Å². The zero-order chi connectivity index (χ0) is 11.8. The number of aliphatic imine (C=N–C) groups is 1. The molecule has 16 heavy (non-hydrogen) atoms. The number of nitrogens with zero attached hydrogens (tertiary/aromatic N) is 1. The fourth-order valence-electron chi connectivity index (χ4n) is 1.47. The highest BCUT2D eigenvalue weighted by Gasteiger charge is 2.14. The summed E-state index contributed by atoms with van der Waals surface area (Å²) in [6.07, 6.45) is 0.784. The van der Waals surface area contributed by atoms with E-state index in [2.05, 4.69) is 11.9 Å². The lowest BCUT2D eigenvalue weighted by Gasteiger charge is -2.16. The molecule has 3 nitrogen and oxygen atoms in total. The molecule has 88 valence electrons. The Hall–Kier alpha value is -1.35. The molecule has 1 aromatic carbocycles. The molecule has 0 fully saturated rings. The summed E-state index contributed by atoms with van der Waals surface area (Å²) in [6.45, 7) is 5.42. The number of hydrogen-bond donors (Lipinski definition) is 1. The van der Waals surface area contributed by atoms with Crippen LogP contribution in [0, 0.1) is 0 Å². The van der Waals surface area contributed by atoms with Gasteiger partial charge in [-0.3, -0.25) is 4.99 Å². The van der Waals surface area contributed by atoms with Crippen LogP contribution in [0.3, 0.4) is 0 Å². The summed E-state index contributed by atoms with van der Waals surface area (Å²) in [7, 11) is 0. The smallest absolute Gasteiger partial charge is 0.139 e. The molecular weight excluding hydrogens is 200 g/mol. The first-order valence-electron chi connectivity index (χ1n) is 5.76. The van der Waals surface area contributed by atoms with Crippen LogP contribution in [0.2, 0.25) is 0 Å². The van der Waals surface area contributed by atoms with Crippen molar-refractivity contribution in [1.82, 2.24) is 0 Å². The van der Waals surface area contributed by atoms with Crippen LogP contribution in [0.25, 0.3) is 0 Å². The van der Waals surface area contributed by atoms with Gasteiger partial charge in [0.15, 0.2) is 0 Å². The molecular formula is C13H20N2O. The molecule has 0 aliphatic carbocycles. The van der Waals surface area contributed by atoms with Gasteiger partial charge in [0, 0.05) is 13.2 Å². The molecule has 0 bridgehead atoms. The topological polar surface area (TPSA) is 47.6 Å². The van der Waals surface area contributed by atoms with E-state index < -0.39 is 0 Å². The van der Waals surface area contributed by atoms with Gasteiger partial charge >= 0.3 is 0 Å². The Morgan fingerprint density at radius 1 is 1.31 bits per heavy atom. The molecule has 0 aromatic heterocycles. The lowest BCUT2D eigenvalue weighted by atomic mass is 10.1. The van der Waals surface area contributed by atoms with E-state index in [-0.39, 0.29) is 6.10 Å². The van der Waals surface area contributed by atoms with E-state index in [0.717, 1.165) is 18.5 Å². The third-order valence-electron chi connectivity index (χ3n) is 2.22. The van der Waals surface area contributed by atoms with Gasteiger partial charge < -0.3 is 10.5 Å². The molecule has 1 rings (SSSR count). The van der Waals surface area contributed by atoms with E-state index in [1.807, 2.05) is 37.3 Å². The fraction of sp³-hybridized carbons (Fsp3) is 0.462. The molecule has 0 radical (unpaired) electrons. The van der Waals surface area contributed by atoms with Crippen LogP contribution in [-0.2, 0) is 4.74 Å². The molecule has 2 N–H and O–H groups in total. The first-order chi connectivity index (χ1) is 7.79. The SMILES string of the molecule is CCCN=C(N)[C@@H](OCC)c1ccccc1. The Morgan fingerprint density at radius 3 is 2.56 bits per heavy atom. The number of benzene rings is 1. The largest absolute Gasteiger partial charge is 0.385 e. The van der Waals surface area contributed by atoms with Gasteiger partial charge in [0.25, 0.3) is 0 Å². The number of amidine groups is 1. The quantitative estimate of drug-likeness (QED) is 0.591. The zero-order valence-corrected chi connectivity index (χ0v) is 10.0. The molecule has 0 amide bonds. The molecule has 0 saturated heterocycles. The van der Waals surface area contributed by atoms with Crippen molar-refractivity contribution >= 4 is 5.84 Å². The zero-order valence-electron chi connectivity index (χ0n) is 10.0. The second kappa shape index (κ2) is 7.01. The molecule has 0 aliphatic heterocycles. The minimum atomic E-state index is -0.210. The van der Waals surface area contributed by atoms with Crippen molar-refractivity contribution in [2.75, 3.05) is 13.2 Å². The maximum atomic E-state index is 5.95. The third kappa shape index (κ3) is 3.66. The first-order valence-corrected chi connectivity index (χ1v) is 5.76. The number of rotatable bonds is 6. The van der Waals surface area contributed by atoms with Gasteiger partial charge in [-0.25, -0.2) is 0 Å². The summed E-state index contributed by atoms with van der Waals surface area (Å²) in [6, 6.07) is 9.96. The Bertz CT molecular complexity index is 322. The molecule has 0 aliphatic rings. The number of nitrogens with two attached hydrogens (primary N) is 1. The Morgan fingerprint density at radius 2 is 2.00 bits per heavy atom. The van der Waals surface area contributed by atoms with E-state index in [4.69, 9.17) is 10.5 Å². The summed E-state index contributed by atoms with van der Waals surface area (Å²) in [5, 5.41) is 0. The summed E-state index contributed by atoms with van der Waals surface area (Å²) >= 11 is 0. The van der Waals surface area contributed by atoms with Gasteiger partial charge in [-0.05, 0) is 18.9 Å². The molecule has 0 saturated carbocycles. The lowest BCUT2D eigenvalue weighted by Crippen LogP contribution is -2.24. The summed E-state index contributed by atoms with van der Waals surface area (Å²) < 4.78 is 5.63. The van der Waals surface area contributed by atoms with Crippen molar-refractivity contribution in [1.29, 1.82) is 0 Å². The van der Waals surface area contributed by atoms with Gasteiger partial charge in [-0.1, -0.05) is 37.3 Å². The van der Waals surface area contributed by atoms with Crippen LogP contribution in [0.1, 0.15) is 31.9 Å². The highest BCUT2D eigenvalue weighted by Crippen LogP contribution is 2.17. The van der Waals surface area contributed by atoms with Crippen LogP contribution in [0.4, 0.5) is 0 Å². The van der Waals surface area contributed by atoms with Crippen molar-refractivity contribution < 1.29 is 4.74 Å². The van der Waals surface area contributed by atoms with Gasteiger partial charge in [-0.2, -0.15) is 0 Å². The van der Waals surface area contributed by atoms with Crippen LogP contribution >= 0.6 is 0 Å². The van der Waals surface area contributed by atoms with Crippen molar-refractivity contribution in [3.8, 4) is 0 Å². The van der Waals surface area contributed by atoms with E-state index in [1.165, 1.54) is 0 Å². The van der Waals surface area contributed by atoms with Crippen molar-refractivity contribution in [2.45, 2.75) is 26.4 Å². The standard InChI is InChI=1S/C13H20N2O/c1-3-10-15-13(14)12(16-4-2)11-8-6-5-7-9-11/h5-9,12H,3-4,10H2,1-2H3,(H2,14,15)/t12-/m0/s1. The van der Waals surface area contributed by atoms with Gasteiger partial charge in [0.05, 0.1) is 0 Å². The predicted molar refractivity (Wildman–Crippen MR) is 67.6 cm³/mol. The van der Waals surface area contributed by atoms with E-state index in [0.29, 0.717) is 12.4 Å². The van der Waals surface area contributed by atoms with Gasteiger partial charge in [-0.15, -0.1) is 0 Å². The maximum absolute atomic E-state index is 5.95. The summed E-state index contributed by atoms with van der Waals surface area (Å²) in [5.41, 5.74) is 7.00. The van der Waals surface area contributed by atoms with Crippen LogP contribution in [0.15, 0.2) is 35.3 Å². The van der Waals surface area contributed by atoms with Gasteiger partial charge in [0.1, 0.15) is 11.9 Å². The normalized spacial score (nSPS) is 13.8. The van der Waals surface area contributed by atoms with Gasteiger partial charge in [0.2, 0.25) is 0 Å². The second-order valence-electron chi connectivity index (χ2n) is 3.55. The van der Waals surface area contributed by atoms with E-state index in [9.17, 15) is 0 Å². The molecule has 3 heteroatoms. The molecule has 0 spiro atoms.